The van der Waals surface area contributed by atoms with Crippen LogP contribution < -0.4 is 10.1 Å². The fourth-order valence-electron chi connectivity index (χ4n) is 1.31. The first-order chi connectivity index (χ1) is 9.06. The van der Waals surface area contributed by atoms with Gasteiger partial charge in [0, 0.05) is 11.6 Å². The van der Waals surface area contributed by atoms with Crippen molar-refractivity contribution in [2.24, 2.45) is 0 Å². The average Bonchev–Trinajstić information content (AvgIpc) is 2.85. The Kier molecular flexibility index (Phi) is 4.49. The molecule has 0 fully saturated rings. The Morgan fingerprint density at radius 1 is 1.58 bits per heavy atom. The molecule has 0 unspecified atom stereocenters. The molecular formula is C12H10BrFN2O2S. The van der Waals surface area contributed by atoms with Crippen molar-refractivity contribution in [1.29, 1.82) is 0 Å². The second-order valence-corrected chi connectivity index (χ2v) is 5.41. The zero-order chi connectivity index (χ0) is 13.8. The minimum Gasteiger partial charge on any atom is -0.480 e. The third-order valence-electron chi connectivity index (χ3n) is 2.23. The molecule has 1 aromatic carbocycles. The van der Waals surface area contributed by atoms with E-state index in [1.54, 1.807) is 18.5 Å². The third kappa shape index (κ3) is 3.74. The highest BCUT2D eigenvalue weighted by Gasteiger charge is 2.17. The Labute approximate surface area is 121 Å². The van der Waals surface area contributed by atoms with Gasteiger partial charge >= 0.3 is 0 Å². The Morgan fingerprint density at radius 2 is 2.37 bits per heavy atom. The highest BCUT2D eigenvalue weighted by atomic mass is 79.9. The van der Waals surface area contributed by atoms with Crippen LogP contribution in [0.5, 0.6) is 5.75 Å². The van der Waals surface area contributed by atoms with Crippen LogP contribution in [-0.2, 0) is 4.79 Å². The summed E-state index contributed by atoms with van der Waals surface area (Å²) in [6.45, 7) is 1.61. The molecule has 1 N–H and O–H groups in total. The molecule has 0 radical (unpaired) electrons. The summed E-state index contributed by atoms with van der Waals surface area (Å²) >= 11 is 4.50. The van der Waals surface area contributed by atoms with E-state index in [1.165, 1.54) is 29.5 Å². The molecule has 19 heavy (non-hydrogen) atoms. The largest absolute Gasteiger partial charge is 0.480 e. The van der Waals surface area contributed by atoms with Gasteiger partial charge in [0.25, 0.3) is 5.91 Å². The third-order valence-corrected chi connectivity index (χ3v) is 3.54. The molecule has 0 saturated carbocycles. The summed E-state index contributed by atoms with van der Waals surface area (Å²) in [5, 5.41) is 4.90. The minimum absolute atomic E-state index is 0.314. The number of hydrogen-bond acceptors (Lipinski definition) is 4. The van der Waals surface area contributed by atoms with Gasteiger partial charge in [0.1, 0.15) is 11.6 Å². The lowest BCUT2D eigenvalue weighted by atomic mass is 10.3. The van der Waals surface area contributed by atoms with Gasteiger partial charge in [-0.15, -0.1) is 11.3 Å². The van der Waals surface area contributed by atoms with E-state index in [0.29, 0.717) is 15.4 Å². The van der Waals surface area contributed by atoms with Crippen LogP contribution in [-0.4, -0.2) is 17.0 Å². The summed E-state index contributed by atoms with van der Waals surface area (Å²) in [5.74, 6) is -0.284. The van der Waals surface area contributed by atoms with Gasteiger partial charge in [-0.3, -0.25) is 10.1 Å². The van der Waals surface area contributed by atoms with Gasteiger partial charge < -0.3 is 4.74 Å². The second kappa shape index (κ2) is 6.12. The van der Waals surface area contributed by atoms with Gasteiger partial charge in [0.2, 0.25) is 0 Å². The fraction of sp³-hybridized carbons (Fsp3) is 0.167. The Morgan fingerprint density at radius 3 is 3.00 bits per heavy atom. The molecule has 2 rings (SSSR count). The Balaban J connectivity index is 2.00. The molecule has 1 heterocycles. The number of nitrogens with zero attached hydrogens (tertiary/aromatic N) is 1. The van der Waals surface area contributed by atoms with E-state index in [2.05, 4.69) is 26.2 Å². The second-order valence-electron chi connectivity index (χ2n) is 3.66. The summed E-state index contributed by atoms with van der Waals surface area (Å²) in [4.78, 5) is 15.8. The number of ether oxygens (including phenoxy) is 1. The van der Waals surface area contributed by atoms with E-state index >= 15 is 0 Å². The number of hydrogen-bond donors (Lipinski definition) is 1. The number of anilines is 1. The number of carbonyl (C=O) groups is 1. The summed E-state index contributed by atoms with van der Waals surface area (Å²) < 4.78 is 18.8. The van der Waals surface area contributed by atoms with Crippen molar-refractivity contribution < 1.29 is 13.9 Å². The number of benzene rings is 1. The topological polar surface area (TPSA) is 51.2 Å². The highest BCUT2D eigenvalue weighted by molar-refractivity contribution is 9.10. The number of rotatable bonds is 4. The van der Waals surface area contributed by atoms with Crippen LogP contribution in [0.2, 0.25) is 0 Å². The maximum Gasteiger partial charge on any atom is 0.266 e. The van der Waals surface area contributed by atoms with Crippen molar-refractivity contribution in [2.45, 2.75) is 13.0 Å². The molecule has 0 bridgehead atoms. The van der Waals surface area contributed by atoms with Crippen LogP contribution in [0.3, 0.4) is 0 Å². The Hall–Kier alpha value is -1.47. The number of nitrogens with one attached hydrogen (secondary N) is 1. The van der Waals surface area contributed by atoms with Crippen molar-refractivity contribution in [3.8, 4) is 5.75 Å². The van der Waals surface area contributed by atoms with Gasteiger partial charge in [0.15, 0.2) is 11.2 Å². The van der Waals surface area contributed by atoms with Crippen molar-refractivity contribution in [3.63, 3.8) is 0 Å². The monoisotopic (exact) mass is 344 g/mol. The molecular weight excluding hydrogens is 335 g/mol. The number of amides is 1. The fourth-order valence-corrected chi connectivity index (χ4v) is 2.28. The quantitative estimate of drug-likeness (QED) is 0.923. The standard InChI is InChI=1S/C12H10BrFN2O2S/c1-7(11(17)16-12-15-4-5-19-12)18-10-3-2-8(14)6-9(10)13/h2-7H,1H3,(H,15,16,17)/t7-/m0/s1. The summed E-state index contributed by atoms with van der Waals surface area (Å²) in [7, 11) is 0. The zero-order valence-corrected chi connectivity index (χ0v) is 12.3. The number of aromatic nitrogens is 1. The van der Waals surface area contributed by atoms with Crippen molar-refractivity contribution in [2.75, 3.05) is 5.32 Å². The summed E-state index contributed by atoms with van der Waals surface area (Å²) in [6, 6.07) is 4.01. The predicted molar refractivity (Wildman–Crippen MR) is 74.9 cm³/mol. The van der Waals surface area contributed by atoms with Gasteiger partial charge in [-0.1, -0.05) is 0 Å². The molecule has 1 aromatic heterocycles. The lowest BCUT2D eigenvalue weighted by Crippen LogP contribution is -2.30. The molecule has 0 aliphatic heterocycles. The average molecular weight is 345 g/mol. The van der Waals surface area contributed by atoms with E-state index in [-0.39, 0.29) is 11.7 Å². The summed E-state index contributed by atoms with van der Waals surface area (Å²) in [6.07, 6.45) is 0.883. The number of carbonyl (C=O) groups excluding carboxylic acids is 1. The molecule has 1 atom stereocenters. The first-order valence-electron chi connectivity index (χ1n) is 5.38. The molecule has 0 spiro atoms. The molecule has 0 saturated heterocycles. The molecule has 0 aliphatic carbocycles. The number of thiazole rings is 1. The Bertz CT molecular complexity index is 577. The molecule has 2 aromatic rings. The maximum atomic E-state index is 12.9. The maximum absolute atomic E-state index is 12.9. The van der Waals surface area contributed by atoms with E-state index in [9.17, 15) is 9.18 Å². The van der Waals surface area contributed by atoms with Crippen LogP contribution in [0.4, 0.5) is 9.52 Å². The SMILES string of the molecule is C[C@H](Oc1ccc(F)cc1Br)C(=O)Nc1nccs1. The normalized spacial score (nSPS) is 11.9. The van der Waals surface area contributed by atoms with Crippen molar-refractivity contribution in [3.05, 3.63) is 40.1 Å². The smallest absolute Gasteiger partial charge is 0.266 e. The van der Waals surface area contributed by atoms with Crippen molar-refractivity contribution in [1.82, 2.24) is 4.98 Å². The lowest BCUT2D eigenvalue weighted by molar-refractivity contribution is -0.122. The first kappa shape index (κ1) is 14.0. The van der Waals surface area contributed by atoms with Crippen LogP contribution in [0.25, 0.3) is 0 Å². The van der Waals surface area contributed by atoms with Gasteiger partial charge in [-0.2, -0.15) is 0 Å². The zero-order valence-electron chi connectivity index (χ0n) is 9.89. The van der Waals surface area contributed by atoms with E-state index in [4.69, 9.17) is 4.74 Å². The van der Waals surface area contributed by atoms with Crippen LogP contribution >= 0.6 is 27.3 Å². The van der Waals surface area contributed by atoms with E-state index in [1.807, 2.05) is 0 Å². The first-order valence-corrected chi connectivity index (χ1v) is 7.05. The summed E-state index contributed by atoms with van der Waals surface area (Å²) in [5.41, 5.74) is 0. The van der Waals surface area contributed by atoms with Crippen LogP contribution in [0.15, 0.2) is 34.2 Å². The molecule has 0 aliphatic rings. The van der Waals surface area contributed by atoms with Gasteiger partial charge in [-0.25, -0.2) is 9.37 Å². The molecule has 7 heteroatoms. The molecule has 1 amide bonds. The van der Waals surface area contributed by atoms with Gasteiger partial charge in [0.05, 0.1) is 4.47 Å². The van der Waals surface area contributed by atoms with Crippen molar-refractivity contribution >= 4 is 38.3 Å². The van der Waals surface area contributed by atoms with E-state index < -0.39 is 6.10 Å². The highest BCUT2D eigenvalue weighted by Crippen LogP contribution is 2.26. The van der Waals surface area contributed by atoms with E-state index in [0.717, 1.165) is 0 Å². The lowest BCUT2D eigenvalue weighted by Gasteiger charge is -2.14. The van der Waals surface area contributed by atoms with Gasteiger partial charge in [-0.05, 0) is 41.1 Å². The van der Waals surface area contributed by atoms with Crippen LogP contribution in [0.1, 0.15) is 6.92 Å². The molecule has 100 valence electrons. The number of halogens is 2. The minimum atomic E-state index is -0.717. The predicted octanol–water partition coefficient (Wildman–Crippen LogP) is 3.45. The molecule has 4 nitrogen and oxygen atoms in total. The van der Waals surface area contributed by atoms with Crippen LogP contribution in [0, 0.1) is 5.82 Å².